The summed E-state index contributed by atoms with van der Waals surface area (Å²) in [6, 6.07) is 3.70. The van der Waals surface area contributed by atoms with Crippen molar-refractivity contribution in [2.45, 2.75) is 19.5 Å². The van der Waals surface area contributed by atoms with Crippen LogP contribution >= 0.6 is 0 Å². The molecule has 1 aliphatic heterocycles. The molecule has 1 aromatic carbocycles. The van der Waals surface area contributed by atoms with Crippen molar-refractivity contribution < 1.29 is 28.2 Å². The fraction of sp³-hybridized carbons (Fsp3) is 0.467. The number of amides is 1. The predicted octanol–water partition coefficient (Wildman–Crippen LogP) is 2.11. The van der Waals surface area contributed by atoms with Crippen LogP contribution in [0, 0.1) is 11.2 Å². The summed E-state index contributed by atoms with van der Waals surface area (Å²) in [7, 11) is 1.36. The number of likely N-dealkylation sites (tertiary alicyclic amines) is 1. The third-order valence-electron chi connectivity index (χ3n) is 4.10. The summed E-state index contributed by atoms with van der Waals surface area (Å²) in [5, 5.41) is 9.10. The van der Waals surface area contributed by atoms with Crippen molar-refractivity contribution in [1.82, 2.24) is 4.90 Å². The summed E-state index contributed by atoms with van der Waals surface area (Å²) in [6.45, 7) is 2.14. The highest BCUT2D eigenvalue weighted by Gasteiger charge is 2.60. The Morgan fingerprint density at radius 2 is 1.95 bits per heavy atom. The number of halogens is 2. The Balaban J connectivity index is 2.31. The molecule has 1 unspecified atom stereocenters. The van der Waals surface area contributed by atoms with Crippen LogP contribution in [-0.4, -0.2) is 47.8 Å². The number of rotatable bonds is 3. The van der Waals surface area contributed by atoms with Gasteiger partial charge in [-0.25, -0.2) is 13.6 Å². The van der Waals surface area contributed by atoms with E-state index in [2.05, 4.69) is 0 Å². The summed E-state index contributed by atoms with van der Waals surface area (Å²) >= 11 is 0. The van der Waals surface area contributed by atoms with Gasteiger partial charge in [-0.15, -0.1) is 0 Å². The lowest BCUT2D eigenvalue weighted by Gasteiger charge is -2.27. The van der Waals surface area contributed by atoms with E-state index >= 15 is 0 Å². The largest absolute Gasteiger partial charge is 0.497 e. The van der Waals surface area contributed by atoms with Crippen LogP contribution in [0.15, 0.2) is 18.2 Å². The molecular formula is C15H17F2NO4. The molecule has 0 saturated carbocycles. The van der Waals surface area contributed by atoms with E-state index in [-0.39, 0.29) is 17.9 Å². The van der Waals surface area contributed by atoms with Gasteiger partial charge in [0.1, 0.15) is 11.6 Å². The molecular weight excluding hydrogens is 296 g/mol. The van der Waals surface area contributed by atoms with Crippen molar-refractivity contribution in [2.75, 3.05) is 20.2 Å². The SMILES string of the molecule is COc1ccc(C(=O)N2CC(C)(C)C(F)(C(=O)O)C2)c(F)c1. The van der Waals surface area contributed by atoms with Crippen molar-refractivity contribution in [1.29, 1.82) is 0 Å². The quantitative estimate of drug-likeness (QED) is 0.928. The molecule has 1 fully saturated rings. The van der Waals surface area contributed by atoms with Gasteiger partial charge >= 0.3 is 5.97 Å². The smallest absolute Gasteiger partial charge is 0.343 e. The zero-order valence-corrected chi connectivity index (χ0v) is 12.5. The molecule has 1 heterocycles. The van der Waals surface area contributed by atoms with E-state index in [1.807, 2.05) is 0 Å². The van der Waals surface area contributed by atoms with E-state index in [1.54, 1.807) is 0 Å². The number of carbonyl (C=O) groups is 2. The Hall–Kier alpha value is -2.18. The Bertz CT molecular complexity index is 632. The summed E-state index contributed by atoms with van der Waals surface area (Å²) in [5.74, 6) is -2.91. The molecule has 1 atom stereocenters. The Morgan fingerprint density at radius 3 is 2.41 bits per heavy atom. The van der Waals surface area contributed by atoms with E-state index in [9.17, 15) is 18.4 Å². The molecule has 2 rings (SSSR count). The second kappa shape index (κ2) is 5.23. The molecule has 1 aromatic rings. The lowest BCUT2D eigenvalue weighted by atomic mass is 9.79. The summed E-state index contributed by atoms with van der Waals surface area (Å²) in [4.78, 5) is 24.6. The van der Waals surface area contributed by atoms with Crippen LogP contribution < -0.4 is 4.74 Å². The van der Waals surface area contributed by atoms with E-state index < -0.39 is 35.3 Å². The fourth-order valence-electron chi connectivity index (χ4n) is 2.60. The molecule has 0 bridgehead atoms. The number of aliphatic carboxylic acids is 1. The van der Waals surface area contributed by atoms with Crippen LogP contribution in [0.4, 0.5) is 8.78 Å². The first-order valence-corrected chi connectivity index (χ1v) is 6.67. The van der Waals surface area contributed by atoms with Gasteiger partial charge in [0.25, 0.3) is 5.91 Å². The first-order valence-electron chi connectivity index (χ1n) is 6.67. The van der Waals surface area contributed by atoms with Gasteiger partial charge in [-0.2, -0.15) is 0 Å². The van der Waals surface area contributed by atoms with Crippen molar-refractivity contribution in [3.05, 3.63) is 29.6 Å². The van der Waals surface area contributed by atoms with Crippen LogP contribution in [0.2, 0.25) is 0 Å². The Kier molecular flexibility index (Phi) is 3.85. The number of nitrogens with zero attached hydrogens (tertiary/aromatic N) is 1. The number of alkyl halides is 1. The number of carbonyl (C=O) groups excluding carboxylic acids is 1. The predicted molar refractivity (Wildman–Crippen MR) is 74.1 cm³/mol. The second-order valence-corrected chi connectivity index (χ2v) is 6.00. The number of carboxylic acid groups (broad SMARTS) is 1. The topological polar surface area (TPSA) is 66.8 Å². The summed E-state index contributed by atoms with van der Waals surface area (Å²) in [5.41, 5.74) is -4.07. The highest BCUT2D eigenvalue weighted by atomic mass is 19.1. The van der Waals surface area contributed by atoms with E-state index in [4.69, 9.17) is 9.84 Å². The highest BCUT2D eigenvalue weighted by molar-refractivity contribution is 5.96. The van der Waals surface area contributed by atoms with E-state index in [0.717, 1.165) is 11.0 Å². The summed E-state index contributed by atoms with van der Waals surface area (Å²) < 4.78 is 33.4. The van der Waals surface area contributed by atoms with Crippen LogP contribution in [0.3, 0.4) is 0 Å². The van der Waals surface area contributed by atoms with E-state index in [1.165, 1.54) is 33.1 Å². The van der Waals surface area contributed by atoms with Gasteiger partial charge in [0.15, 0.2) is 0 Å². The molecule has 0 aliphatic carbocycles. The van der Waals surface area contributed by atoms with Crippen molar-refractivity contribution in [2.24, 2.45) is 5.41 Å². The number of benzene rings is 1. The third kappa shape index (κ3) is 2.40. The van der Waals surface area contributed by atoms with Gasteiger partial charge < -0.3 is 14.7 Å². The molecule has 0 radical (unpaired) electrons. The van der Waals surface area contributed by atoms with Crippen LogP contribution in [0.1, 0.15) is 24.2 Å². The van der Waals surface area contributed by atoms with E-state index in [0.29, 0.717) is 0 Å². The first kappa shape index (κ1) is 16.2. The molecule has 1 aliphatic rings. The Labute approximate surface area is 126 Å². The normalized spacial score (nSPS) is 23.4. The zero-order valence-electron chi connectivity index (χ0n) is 12.5. The average Bonchev–Trinajstić information content (AvgIpc) is 2.69. The maximum atomic E-state index is 14.7. The number of carboxylic acids is 1. The Morgan fingerprint density at radius 1 is 1.32 bits per heavy atom. The van der Waals surface area contributed by atoms with Crippen molar-refractivity contribution >= 4 is 11.9 Å². The lowest BCUT2D eigenvalue weighted by molar-refractivity contribution is -0.155. The molecule has 1 amide bonds. The minimum absolute atomic E-state index is 0.111. The fourth-order valence-corrected chi connectivity index (χ4v) is 2.60. The molecule has 7 heteroatoms. The maximum absolute atomic E-state index is 14.7. The van der Waals surface area contributed by atoms with Gasteiger partial charge in [-0.1, -0.05) is 13.8 Å². The number of hydrogen-bond acceptors (Lipinski definition) is 3. The minimum atomic E-state index is -2.56. The third-order valence-corrected chi connectivity index (χ3v) is 4.10. The van der Waals surface area contributed by atoms with Crippen LogP contribution in [0.25, 0.3) is 0 Å². The molecule has 1 saturated heterocycles. The van der Waals surface area contributed by atoms with Gasteiger partial charge in [-0.3, -0.25) is 4.79 Å². The first-order chi connectivity index (χ1) is 10.1. The summed E-state index contributed by atoms with van der Waals surface area (Å²) in [6.07, 6.45) is 0. The van der Waals surface area contributed by atoms with Gasteiger partial charge in [0, 0.05) is 18.0 Å². The maximum Gasteiger partial charge on any atom is 0.343 e. The van der Waals surface area contributed by atoms with Gasteiger partial charge in [0.05, 0.1) is 19.2 Å². The van der Waals surface area contributed by atoms with Crippen LogP contribution in [-0.2, 0) is 4.79 Å². The molecule has 120 valence electrons. The molecule has 22 heavy (non-hydrogen) atoms. The van der Waals surface area contributed by atoms with Gasteiger partial charge in [0.2, 0.25) is 5.67 Å². The average molecular weight is 313 g/mol. The van der Waals surface area contributed by atoms with Crippen molar-refractivity contribution in [3.8, 4) is 5.75 Å². The molecule has 5 nitrogen and oxygen atoms in total. The zero-order chi connectivity index (χ0) is 16.7. The van der Waals surface area contributed by atoms with Crippen molar-refractivity contribution in [3.63, 3.8) is 0 Å². The second-order valence-electron chi connectivity index (χ2n) is 6.00. The number of methoxy groups -OCH3 is 1. The number of hydrogen-bond donors (Lipinski definition) is 1. The molecule has 1 N–H and O–H groups in total. The highest BCUT2D eigenvalue weighted by Crippen LogP contribution is 2.42. The monoisotopic (exact) mass is 313 g/mol. The molecule has 0 aromatic heterocycles. The number of ether oxygens (including phenoxy) is 1. The molecule has 0 spiro atoms. The lowest BCUT2D eigenvalue weighted by Crippen LogP contribution is -2.47. The standard InChI is InChI=1S/C15H17F2NO4/c1-14(2)7-18(8-15(14,17)13(20)21)12(19)10-5-4-9(22-3)6-11(10)16/h4-6H,7-8H2,1-3H3,(H,20,21). The van der Waals surface area contributed by atoms with Crippen LogP contribution in [0.5, 0.6) is 5.75 Å². The minimum Gasteiger partial charge on any atom is -0.497 e. The van der Waals surface area contributed by atoms with Gasteiger partial charge in [-0.05, 0) is 12.1 Å².